The van der Waals surface area contributed by atoms with E-state index >= 15 is 0 Å². The molecule has 0 bridgehead atoms. The first-order valence-corrected chi connectivity index (χ1v) is 5.33. The van der Waals surface area contributed by atoms with Gasteiger partial charge in [-0.2, -0.15) is 0 Å². The summed E-state index contributed by atoms with van der Waals surface area (Å²) in [5.74, 6) is 0. The molecule has 0 amide bonds. The van der Waals surface area contributed by atoms with Gasteiger partial charge >= 0.3 is 0 Å². The summed E-state index contributed by atoms with van der Waals surface area (Å²) in [6, 6.07) is 10.6. The third-order valence-corrected chi connectivity index (χ3v) is 2.64. The van der Waals surface area contributed by atoms with Gasteiger partial charge in [0.25, 0.3) is 0 Å². The molecule has 1 fully saturated rings. The molecule has 0 unspecified atom stereocenters. The molecule has 1 nitrogen and oxygen atoms in total. The standard InChI is InChI=1S/C14H17N/c1-12-8-13(2)10-15(9-12)11-14-6-4-3-5-7-14/h3-7H,1-2,8-11H2. The van der Waals surface area contributed by atoms with E-state index < -0.39 is 0 Å². The van der Waals surface area contributed by atoms with Crippen molar-refractivity contribution >= 4 is 0 Å². The van der Waals surface area contributed by atoms with Crippen molar-refractivity contribution in [2.45, 2.75) is 13.0 Å². The summed E-state index contributed by atoms with van der Waals surface area (Å²) in [4.78, 5) is 2.39. The molecule has 1 saturated heterocycles. The number of hydrogen-bond donors (Lipinski definition) is 0. The summed E-state index contributed by atoms with van der Waals surface area (Å²) in [5, 5.41) is 0. The highest BCUT2D eigenvalue weighted by atomic mass is 15.1. The zero-order valence-corrected chi connectivity index (χ0v) is 9.08. The molecule has 1 heteroatoms. The van der Waals surface area contributed by atoms with Crippen molar-refractivity contribution in [2.75, 3.05) is 13.1 Å². The van der Waals surface area contributed by atoms with Crippen LogP contribution in [0, 0.1) is 0 Å². The van der Waals surface area contributed by atoms with Gasteiger partial charge in [-0.25, -0.2) is 0 Å². The van der Waals surface area contributed by atoms with Crippen molar-refractivity contribution in [1.82, 2.24) is 4.90 Å². The normalized spacial score (nSPS) is 18.1. The van der Waals surface area contributed by atoms with Crippen molar-refractivity contribution in [2.24, 2.45) is 0 Å². The van der Waals surface area contributed by atoms with E-state index in [1.807, 2.05) is 0 Å². The van der Waals surface area contributed by atoms with Crippen LogP contribution in [0.2, 0.25) is 0 Å². The number of likely N-dealkylation sites (tertiary alicyclic amines) is 1. The van der Waals surface area contributed by atoms with Crippen LogP contribution in [0.3, 0.4) is 0 Å². The molecule has 1 aliphatic heterocycles. The van der Waals surface area contributed by atoms with Gasteiger partial charge in [0.05, 0.1) is 0 Å². The largest absolute Gasteiger partial charge is 0.291 e. The quantitative estimate of drug-likeness (QED) is 0.662. The number of piperidine rings is 1. The average molecular weight is 199 g/mol. The predicted molar refractivity (Wildman–Crippen MR) is 64.6 cm³/mol. The molecule has 78 valence electrons. The van der Waals surface area contributed by atoms with Crippen molar-refractivity contribution in [3.8, 4) is 0 Å². The van der Waals surface area contributed by atoms with Crippen LogP contribution in [0.15, 0.2) is 54.6 Å². The molecule has 0 spiro atoms. The molecule has 0 atom stereocenters. The van der Waals surface area contributed by atoms with E-state index in [-0.39, 0.29) is 0 Å². The monoisotopic (exact) mass is 199 g/mol. The molecular weight excluding hydrogens is 182 g/mol. The molecule has 1 aromatic carbocycles. The van der Waals surface area contributed by atoms with Gasteiger partial charge < -0.3 is 0 Å². The number of hydrogen-bond acceptors (Lipinski definition) is 1. The van der Waals surface area contributed by atoms with Crippen LogP contribution in [0.25, 0.3) is 0 Å². The molecule has 1 heterocycles. The number of rotatable bonds is 2. The molecule has 0 saturated carbocycles. The molecule has 0 aliphatic carbocycles. The Morgan fingerprint density at radius 3 is 2.20 bits per heavy atom. The van der Waals surface area contributed by atoms with Crippen LogP contribution in [-0.4, -0.2) is 18.0 Å². The minimum Gasteiger partial charge on any atom is -0.291 e. The van der Waals surface area contributed by atoms with Gasteiger partial charge in [0, 0.05) is 19.6 Å². The maximum absolute atomic E-state index is 4.05. The Kier molecular flexibility index (Phi) is 3.02. The Morgan fingerprint density at radius 1 is 1.00 bits per heavy atom. The summed E-state index contributed by atoms with van der Waals surface area (Å²) in [6.07, 6.45) is 1.01. The van der Waals surface area contributed by atoms with Crippen LogP contribution >= 0.6 is 0 Å². The van der Waals surface area contributed by atoms with Gasteiger partial charge in [-0.15, -0.1) is 0 Å². The molecule has 1 aliphatic rings. The van der Waals surface area contributed by atoms with Gasteiger partial charge in [0.15, 0.2) is 0 Å². The lowest BCUT2D eigenvalue weighted by Gasteiger charge is -2.29. The summed E-state index contributed by atoms with van der Waals surface area (Å²) < 4.78 is 0. The Labute approximate surface area is 91.7 Å². The van der Waals surface area contributed by atoms with E-state index in [1.165, 1.54) is 16.7 Å². The minimum absolute atomic E-state index is 0.999. The second-order valence-electron chi connectivity index (χ2n) is 4.31. The molecule has 0 aromatic heterocycles. The van der Waals surface area contributed by atoms with Crippen LogP contribution in [0.1, 0.15) is 12.0 Å². The first-order valence-electron chi connectivity index (χ1n) is 5.33. The molecule has 0 radical (unpaired) electrons. The highest BCUT2D eigenvalue weighted by Gasteiger charge is 2.15. The minimum atomic E-state index is 0.999. The van der Waals surface area contributed by atoms with E-state index in [0.29, 0.717) is 0 Å². The van der Waals surface area contributed by atoms with Crippen LogP contribution < -0.4 is 0 Å². The molecule has 2 rings (SSSR count). The van der Waals surface area contributed by atoms with Gasteiger partial charge in [0.2, 0.25) is 0 Å². The Hall–Kier alpha value is -1.34. The van der Waals surface area contributed by atoms with Gasteiger partial charge in [-0.05, 0) is 12.0 Å². The van der Waals surface area contributed by atoms with Crippen molar-refractivity contribution in [3.05, 3.63) is 60.2 Å². The summed E-state index contributed by atoms with van der Waals surface area (Å²) in [6.45, 7) is 11.1. The van der Waals surface area contributed by atoms with E-state index in [0.717, 1.165) is 26.1 Å². The summed E-state index contributed by atoms with van der Waals surface area (Å²) >= 11 is 0. The highest BCUT2D eigenvalue weighted by Crippen LogP contribution is 2.19. The van der Waals surface area contributed by atoms with Crippen LogP contribution in [-0.2, 0) is 6.54 Å². The second kappa shape index (κ2) is 4.45. The number of benzene rings is 1. The lowest BCUT2D eigenvalue weighted by Crippen LogP contribution is -2.31. The third kappa shape index (κ3) is 2.80. The molecule has 15 heavy (non-hydrogen) atoms. The zero-order chi connectivity index (χ0) is 10.7. The maximum atomic E-state index is 4.05. The lowest BCUT2D eigenvalue weighted by atomic mass is 10.0. The average Bonchev–Trinajstić information content (AvgIpc) is 2.17. The topological polar surface area (TPSA) is 3.24 Å². The fourth-order valence-corrected chi connectivity index (χ4v) is 2.11. The fourth-order valence-electron chi connectivity index (χ4n) is 2.11. The van der Waals surface area contributed by atoms with Gasteiger partial charge in [0.1, 0.15) is 0 Å². The van der Waals surface area contributed by atoms with E-state index in [2.05, 4.69) is 48.4 Å². The third-order valence-electron chi connectivity index (χ3n) is 2.64. The summed E-state index contributed by atoms with van der Waals surface area (Å²) in [5.41, 5.74) is 3.92. The maximum Gasteiger partial charge on any atom is 0.0240 e. The van der Waals surface area contributed by atoms with E-state index in [4.69, 9.17) is 0 Å². The molecule has 1 aromatic rings. The van der Waals surface area contributed by atoms with Crippen molar-refractivity contribution in [3.63, 3.8) is 0 Å². The highest BCUT2D eigenvalue weighted by molar-refractivity contribution is 5.20. The second-order valence-corrected chi connectivity index (χ2v) is 4.31. The van der Waals surface area contributed by atoms with Crippen LogP contribution in [0.4, 0.5) is 0 Å². The first kappa shape index (κ1) is 10.2. The number of nitrogens with zero attached hydrogens (tertiary/aromatic N) is 1. The zero-order valence-electron chi connectivity index (χ0n) is 9.08. The SMILES string of the molecule is C=C1CC(=C)CN(Cc2ccccc2)C1. The lowest BCUT2D eigenvalue weighted by molar-refractivity contribution is 0.293. The van der Waals surface area contributed by atoms with Crippen LogP contribution in [0.5, 0.6) is 0 Å². The molecule has 0 N–H and O–H groups in total. The van der Waals surface area contributed by atoms with Crippen molar-refractivity contribution in [1.29, 1.82) is 0 Å². The van der Waals surface area contributed by atoms with Gasteiger partial charge in [-0.1, -0.05) is 54.6 Å². The van der Waals surface area contributed by atoms with E-state index in [1.54, 1.807) is 0 Å². The van der Waals surface area contributed by atoms with Crippen molar-refractivity contribution < 1.29 is 0 Å². The first-order chi connectivity index (χ1) is 7.24. The molecular formula is C14H17N. The Morgan fingerprint density at radius 2 is 1.60 bits per heavy atom. The summed E-state index contributed by atoms with van der Waals surface area (Å²) in [7, 11) is 0. The van der Waals surface area contributed by atoms with E-state index in [9.17, 15) is 0 Å². The van der Waals surface area contributed by atoms with Gasteiger partial charge in [-0.3, -0.25) is 4.90 Å². The fraction of sp³-hybridized carbons (Fsp3) is 0.286. The predicted octanol–water partition coefficient (Wildman–Crippen LogP) is 3.00. The smallest absolute Gasteiger partial charge is 0.0240 e. The Bertz CT molecular complexity index is 348. The Balaban J connectivity index is 2.00.